The highest BCUT2D eigenvalue weighted by Gasteiger charge is 2.32. The standard InChI is InChI=1S/C16H17F3N2/c1-11-9-13(7-8-15(11)20-2)21-10-12-5-3-4-6-14(12)16(17,18)19/h3-9,20-21H,10H2,1-2H3. The fraction of sp³-hybridized carbons (Fsp3) is 0.250. The molecule has 0 fully saturated rings. The zero-order valence-corrected chi connectivity index (χ0v) is 11.9. The lowest BCUT2D eigenvalue weighted by Crippen LogP contribution is -2.11. The minimum Gasteiger partial charge on any atom is -0.388 e. The van der Waals surface area contributed by atoms with Gasteiger partial charge in [-0.15, -0.1) is 0 Å². The maximum absolute atomic E-state index is 12.9. The van der Waals surface area contributed by atoms with Crippen LogP contribution in [0.15, 0.2) is 42.5 Å². The summed E-state index contributed by atoms with van der Waals surface area (Å²) in [6.45, 7) is 2.08. The molecule has 0 aliphatic rings. The summed E-state index contributed by atoms with van der Waals surface area (Å²) >= 11 is 0. The van der Waals surface area contributed by atoms with Crippen molar-refractivity contribution in [1.82, 2.24) is 0 Å². The number of hydrogen-bond donors (Lipinski definition) is 2. The Bertz CT molecular complexity index is 621. The monoisotopic (exact) mass is 294 g/mol. The number of hydrogen-bond acceptors (Lipinski definition) is 2. The molecule has 0 bridgehead atoms. The predicted molar refractivity (Wildman–Crippen MR) is 79.5 cm³/mol. The van der Waals surface area contributed by atoms with Gasteiger partial charge in [-0.1, -0.05) is 18.2 Å². The summed E-state index contributed by atoms with van der Waals surface area (Å²) in [6, 6.07) is 11.3. The maximum Gasteiger partial charge on any atom is 0.416 e. The molecule has 2 aromatic carbocycles. The summed E-state index contributed by atoms with van der Waals surface area (Å²) in [5, 5.41) is 6.09. The SMILES string of the molecule is CNc1ccc(NCc2ccccc2C(F)(F)F)cc1C. The third kappa shape index (κ3) is 3.68. The van der Waals surface area contributed by atoms with E-state index in [9.17, 15) is 13.2 Å². The van der Waals surface area contributed by atoms with Crippen molar-refractivity contribution in [3.63, 3.8) is 0 Å². The van der Waals surface area contributed by atoms with Gasteiger partial charge in [-0.2, -0.15) is 13.2 Å². The molecule has 2 aromatic rings. The number of halogens is 3. The van der Waals surface area contributed by atoms with Crippen LogP contribution in [0, 0.1) is 6.92 Å². The number of rotatable bonds is 4. The van der Waals surface area contributed by atoms with E-state index in [2.05, 4.69) is 10.6 Å². The molecule has 0 aliphatic heterocycles. The van der Waals surface area contributed by atoms with E-state index < -0.39 is 11.7 Å². The average Bonchev–Trinajstić information content (AvgIpc) is 2.44. The van der Waals surface area contributed by atoms with Gasteiger partial charge in [0.25, 0.3) is 0 Å². The molecule has 112 valence electrons. The lowest BCUT2D eigenvalue weighted by atomic mass is 10.1. The first-order valence-electron chi connectivity index (χ1n) is 6.59. The molecule has 0 amide bonds. The van der Waals surface area contributed by atoms with E-state index in [1.54, 1.807) is 6.07 Å². The minimum atomic E-state index is -4.33. The van der Waals surface area contributed by atoms with Crippen LogP contribution in [-0.2, 0) is 12.7 Å². The Balaban J connectivity index is 2.15. The molecule has 2 N–H and O–H groups in total. The van der Waals surface area contributed by atoms with Gasteiger partial charge in [0.15, 0.2) is 0 Å². The average molecular weight is 294 g/mol. The summed E-state index contributed by atoms with van der Waals surface area (Å²) in [6.07, 6.45) is -4.33. The normalized spacial score (nSPS) is 11.3. The molecular formula is C16H17F3N2. The Morgan fingerprint density at radius 2 is 1.76 bits per heavy atom. The van der Waals surface area contributed by atoms with Crippen molar-refractivity contribution in [3.8, 4) is 0 Å². The summed E-state index contributed by atoms with van der Waals surface area (Å²) in [5.74, 6) is 0. The summed E-state index contributed by atoms with van der Waals surface area (Å²) in [5.41, 5.74) is 2.47. The zero-order chi connectivity index (χ0) is 15.5. The molecule has 0 atom stereocenters. The number of aryl methyl sites for hydroxylation is 1. The van der Waals surface area contributed by atoms with Crippen LogP contribution in [-0.4, -0.2) is 7.05 Å². The largest absolute Gasteiger partial charge is 0.416 e. The lowest BCUT2D eigenvalue weighted by Gasteiger charge is -2.14. The third-order valence-electron chi connectivity index (χ3n) is 3.30. The van der Waals surface area contributed by atoms with Crippen LogP contribution in [0.4, 0.5) is 24.5 Å². The number of nitrogens with one attached hydrogen (secondary N) is 2. The summed E-state index contributed by atoms with van der Waals surface area (Å²) in [4.78, 5) is 0. The Kier molecular flexibility index (Phi) is 4.40. The first-order chi connectivity index (χ1) is 9.91. The molecule has 2 rings (SSSR count). The highest BCUT2D eigenvalue weighted by atomic mass is 19.4. The van der Waals surface area contributed by atoms with Gasteiger partial charge in [0.2, 0.25) is 0 Å². The molecule has 5 heteroatoms. The second-order valence-electron chi connectivity index (χ2n) is 4.79. The molecule has 0 unspecified atom stereocenters. The van der Waals surface area contributed by atoms with Crippen LogP contribution < -0.4 is 10.6 Å². The quantitative estimate of drug-likeness (QED) is 0.856. The topological polar surface area (TPSA) is 24.1 Å². The van der Waals surface area contributed by atoms with E-state index in [4.69, 9.17) is 0 Å². The van der Waals surface area contributed by atoms with Crippen LogP contribution in [0.5, 0.6) is 0 Å². The molecular weight excluding hydrogens is 277 g/mol. The lowest BCUT2D eigenvalue weighted by molar-refractivity contribution is -0.138. The molecule has 0 aromatic heterocycles. The van der Waals surface area contributed by atoms with Gasteiger partial charge in [-0.3, -0.25) is 0 Å². The van der Waals surface area contributed by atoms with Crippen molar-refractivity contribution in [3.05, 3.63) is 59.2 Å². The van der Waals surface area contributed by atoms with Gasteiger partial charge in [0.1, 0.15) is 0 Å². The number of alkyl halides is 3. The number of benzene rings is 2. The molecule has 0 spiro atoms. The first-order valence-corrected chi connectivity index (χ1v) is 6.59. The van der Waals surface area contributed by atoms with E-state index in [0.29, 0.717) is 0 Å². The first kappa shape index (κ1) is 15.2. The summed E-state index contributed by atoms with van der Waals surface area (Å²) < 4.78 is 38.7. The number of anilines is 2. The van der Waals surface area contributed by atoms with Gasteiger partial charge in [-0.25, -0.2) is 0 Å². The van der Waals surface area contributed by atoms with Crippen molar-refractivity contribution in [2.24, 2.45) is 0 Å². The van der Waals surface area contributed by atoms with Crippen molar-refractivity contribution in [2.75, 3.05) is 17.7 Å². The highest BCUT2D eigenvalue weighted by Crippen LogP contribution is 2.32. The van der Waals surface area contributed by atoms with Crippen molar-refractivity contribution in [1.29, 1.82) is 0 Å². The van der Waals surface area contributed by atoms with Crippen LogP contribution in [0.25, 0.3) is 0 Å². The van der Waals surface area contributed by atoms with Gasteiger partial charge >= 0.3 is 6.18 Å². The molecule has 0 radical (unpaired) electrons. The Hall–Kier alpha value is -2.17. The predicted octanol–water partition coefficient (Wildman–Crippen LogP) is 4.67. The Labute approximate surface area is 122 Å². The third-order valence-corrected chi connectivity index (χ3v) is 3.30. The molecule has 0 saturated heterocycles. The summed E-state index contributed by atoms with van der Waals surface area (Å²) in [7, 11) is 1.83. The molecule has 0 heterocycles. The van der Waals surface area contributed by atoms with Gasteiger partial charge in [-0.05, 0) is 42.3 Å². The highest BCUT2D eigenvalue weighted by molar-refractivity contribution is 5.59. The van der Waals surface area contributed by atoms with Crippen molar-refractivity contribution < 1.29 is 13.2 Å². The van der Waals surface area contributed by atoms with E-state index >= 15 is 0 Å². The van der Waals surface area contributed by atoms with Gasteiger partial charge in [0.05, 0.1) is 5.56 Å². The fourth-order valence-corrected chi connectivity index (χ4v) is 2.20. The van der Waals surface area contributed by atoms with E-state index in [0.717, 1.165) is 23.0 Å². The van der Waals surface area contributed by atoms with Crippen molar-refractivity contribution >= 4 is 11.4 Å². The molecule has 21 heavy (non-hydrogen) atoms. The van der Waals surface area contributed by atoms with E-state index in [-0.39, 0.29) is 12.1 Å². The van der Waals surface area contributed by atoms with Crippen LogP contribution >= 0.6 is 0 Å². The van der Waals surface area contributed by atoms with Crippen LogP contribution in [0.1, 0.15) is 16.7 Å². The molecule has 0 aliphatic carbocycles. The van der Waals surface area contributed by atoms with Gasteiger partial charge in [0, 0.05) is 25.0 Å². The zero-order valence-electron chi connectivity index (χ0n) is 11.9. The second-order valence-corrected chi connectivity index (χ2v) is 4.79. The van der Waals surface area contributed by atoms with Crippen LogP contribution in [0.2, 0.25) is 0 Å². The van der Waals surface area contributed by atoms with E-state index in [1.165, 1.54) is 12.1 Å². The second kappa shape index (κ2) is 6.08. The van der Waals surface area contributed by atoms with Crippen molar-refractivity contribution in [2.45, 2.75) is 19.6 Å². The van der Waals surface area contributed by atoms with E-state index in [1.807, 2.05) is 32.2 Å². The minimum absolute atomic E-state index is 0.133. The Morgan fingerprint density at radius 3 is 2.38 bits per heavy atom. The maximum atomic E-state index is 12.9. The molecule has 0 saturated carbocycles. The van der Waals surface area contributed by atoms with Gasteiger partial charge < -0.3 is 10.6 Å². The Morgan fingerprint density at radius 1 is 1.05 bits per heavy atom. The van der Waals surface area contributed by atoms with Crippen LogP contribution in [0.3, 0.4) is 0 Å². The smallest absolute Gasteiger partial charge is 0.388 e. The fourth-order valence-electron chi connectivity index (χ4n) is 2.20. The molecule has 2 nitrogen and oxygen atoms in total.